The van der Waals surface area contributed by atoms with Gasteiger partial charge in [0.1, 0.15) is 0 Å². The lowest BCUT2D eigenvalue weighted by atomic mass is 9.75. The van der Waals surface area contributed by atoms with Crippen molar-refractivity contribution >= 4 is 5.97 Å². The van der Waals surface area contributed by atoms with Gasteiger partial charge < -0.3 is 10.2 Å². The lowest BCUT2D eigenvalue weighted by Gasteiger charge is -2.35. The summed E-state index contributed by atoms with van der Waals surface area (Å²) in [4.78, 5) is 10.9. The van der Waals surface area contributed by atoms with Crippen molar-refractivity contribution in [1.29, 1.82) is 5.26 Å². The summed E-state index contributed by atoms with van der Waals surface area (Å²) in [5, 5.41) is 28.2. The van der Waals surface area contributed by atoms with Crippen LogP contribution in [0.4, 0.5) is 0 Å². The SMILES string of the molecule is N#Cc1ccc(C2(O)CCC(C(=O)O)CC2)cc1. The Morgan fingerprint density at radius 2 is 1.83 bits per heavy atom. The molecule has 2 rings (SSSR count). The van der Waals surface area contributed by atoms with Gasteiger partial charge in [-0.15, -0.1) is 0 Å². The summed E-state index contributed by atoms with van der Waals surface area (Å²) in [6.45, 7) is 0. The number of aliphatic carboxylic acids is 1. The lowest BCUT2D eigenvalue weighted by Crippen LogP contribution is -2.33. The molecule has 0 unspecified atom stereocenters. The van der Waals surface area contributed by atoms with Gasteiger partial charge >= 0.3 is 5.97 Å². The van der Waals surface area contributed by atoms with Gasteiger partial charge in [-0.25, -0.2) is 0 Å². The summed E-state index contributed by atoms with van der Waals surface area (Å²) < 4.78 is 0. The Labute approximate surface area is 105 Å². The topological polar surface area (TPSA) is 81.3 Å². The molecule has 0 amide bonds. The fourth-order valence-electron chi connectivity index (χ4n) is 2.49. The minimum Gasteiger partial charge on any atom is -0.481 e. The molecule has 0 bridgehead atoms. The molecule has 1 aliphatic rings. The summed E-state index contributed by atoms with van der Waals surface area (Å²) >= 11 is 0. The zero-order chi connectivity index (χ0) is 13.2. The van der Waals surface area contributed by atoms with Crippen LogP contribution in [0.5, 0.6) is 0 Å². The molecule has 4 heteroatoms. The van der Waals surface area contributed by atoms with Gasteiger partial charge in [-0.3, -0.25) is 4.79 Å². The Bertz CT molecular complexity index is 479. The first-order valence-electron chi connectivity index (χ1n) is 6.01. The highest BCUT2D eigenvalue weighted by Crippen LogP contribution is 2.39. The van der Waals surface area contributed by atoms with Crippen molar-refractivity contribution in [3.63, 3.8) is 0 Å². The lowest BCUT2D eigenvalue weighted by molar-refractivity contribution is -0.145. The van der Waals surface area contributed by atoms with Gasteiger partial charge in [-0.2, -0.15) is 5.26 Å². The normalized spacial score (nSPS) is 27.4. The summed E-state index contributed by atoms with van der Waals surface area (Å²) in [7, 11) is 0. The molecule has 0 radical (unpaired) electrons. The van der Waals surface area contributed by atoms with Crippen molar-refractivity contribution in [2.24, 2.45) is 5.92 Å². The monoisotopic (exact) mass is 245 g/mol. The van der Waals surface area contributed by atoms with Crippen LogP contribution in [0.3, 0.4) is 0 Å². The standard InChI is InChI=1S/C14H15NO3/c15-9-10-1-3-12(4-2-10)14(18)7-5-11(6-8-14)13(16)17/h1-4,11,18H,5-8H2,(H,16,17). The van der Waals surface area contributed by atoms with E-state index in [2.05, 4.69) is 0 Å². The number of hydrogen-bond donors (Lipinski definition) is 2. The molecular formula is C14H15NO3. The van der Waals surface area contributed by atoms with Gasteiger partial charge in [-0.1, -0.05) is 12.1 Å². The van der Waals surface area contributed by atoms with Crippen LogP contribution in [0, 0.1) is 17.2 Å². The maximum Gasteiger partial charge on any atom is 0.306 e. The highest BCUT2D eigenvalue weighted by Gasteiger charge is 2.36. The van der Waals surface area contributed by atoms with Crippen molar-refractivity contribution in [3.05, 3.63) is 35.4 Å². The number of nitrogens with zero attached hydrogens (tertiary/aromatic N) is 1. The molecule has 1 aromatic carbocycles. The maximum atomic E-state index is 10.9. The molecule has 2 N–H and O–H groups in total. The largest absolute Gasteiger partial charge is 0.481 e. The number of rotatable bonds is 2. The third-order valence-corrected chi connectivity index (χ3v) is 3.71. The molecule has 0 saturated heterocycles. The maximum absolute atomic E-state index is 10.9. The van der Waals surface area contributed by atoms with Gasteiger partial charge in [0.15, 0.2) is 0 Å². The van der Waals surface area contributed by atoms with Crippen LogP contribution in [0.25, 0.3) is 0 Å². The molecule has 1 saturated carbocycles. The smallest absolute Gasteiger partial charge is 0.306 e. The third-order valence-electron chi connectivity index (χ3n) is 3.71. The van der Waals surface area contributed by atoms with E-state index in [0.717, 1.165) is 5.56 Å². The van der Waals surface area contributed by atoms with Gasteiger partial charge in [0.05, 0.1) is 23.2 Å². The number of carboxylic acids is 1. The van der Waals surface area contributed by atoms with Crippen LogP contribution in [0.2, 0.25) is 0 Å². The second-order valence-corrected chi connectivity index (χ2v) is 4.83. The zero-order valence-corrected chi connectivity index (χ0v) is 9.97. The molecule has 0 spiro atoms. The van der Waals surface area contributed by atoms with Crippen LogP contribution in [0.1, 0.15) is 36.8 Å². The fraction of sp³-hybridized carbons (Fsp3) is 0.429. The van der Waals surface area contributed by atoms with Crippen LogP contribution in [-0.4, -0.2) is 16.2 Å². The number of aliphatic hydroxyl groups is 1. The van der Waals surface area contributed by atoms with Gasteiger partial charge in [-0.05, 0) is 43.4 Å². The third kappa shape index (κ3) is 2.36. The average Bonchev–Trinajstić information content (AvgIpc) is 2.39. The molecule has 0 aromatic heterocycles. The Kier molecular flexibility index (Phi) is 3.35. The van der Waals surface area contributed by atoms with E-state index in [4.69, 9.17) is 10.4 Å². The Morgan fingerprint density at radius 3 is 2.28 bits per heavy atom. The Hall–Kier alpha value is -1.86. The molecule has 0 aliphatic heterocycles. The quantitative estimate of drug-likeness (QED) is 0.835. The molecule has 18 heavy (non-hydrogen) atoms. The minimum atomic E-state index is -0.945. The summed E-state index contributed by atoms with van der Waals surface area (Å²) in [6, 6.07) is 8.89. The molecule has 1 fully saturated rings. The van der Waals surface area contributed by atoms with Crippen molar-refractivity contribution < 1.29 is 15.0 Å². The van der Waals surface area contributed by atoms with E-state index >= 15 is 0 Å². The van der Waals surface area contributed by atoms with Crippen LogP contribution in [-0.2, 0) is 10.4 Å². The number of hydrogen-bond acceptors (Lipinski definition) is 3. The molecule has 0 heterocycles. The van der Waals surface area contributed by atoms with Crippen molar-refractivity contribution in [3.8, 4) is 6.07 Å². The predicted octanol–water partition coefficient (Wildman–Crippen LogP) is 2.02. The molecule has 0 atom stereocenters. The number of nitriles is 1. The molecule has 1 aliphatic carbocycles. The van der Waals surface area contributed by atoms with Gasteiger partial charge in [0.25, 0.3) is 0 Å². The molecule has 4 nitrogen and oxygen atoms in total. The van der Waals surface area contributed by atoms with E-state index in [0.29, 0.717) is 31.2 Å². The minimum absolute atomic E-state index is 0.344. The Balaban J connectivity index is 2.13. The van der Waals surface area contributed by atoms with E-state index in [1.54, 1.807) is 24.3 Å². The first kappa shape index (κ1) is 12.6. The van der Waals surface area contributed by atoms with Crippen LogP contribution >= 0.6 is 0 Å². The summed E-state index contributed by atoms with van der Waals surface area (Å²) in [5.41, 5.74) is 0.381. The van der Waals surface area contributed by atoms with Crippen molar-refractivity contribution in [2.75, 3.05) is 0 Å². The zero-order valence-electron chi connectivity index (χ0n) is 9.97. The van der Waals surface area contributed by atoms with E-state index in [-0.39, 0.29) is 5.92 Å². The first-order valence-corrected chi connectivity index (χ1v) is 6.01. The average molecular weight is 245 g/mol. The number of carbonyl (C=O) groups is 1. The molecule has 94 valence electrons. The Morgan fingerprint density at radius 1 is 1.28 bits per heavy atom. The van der Waals surface area contributed by atoms with Crippen molar-refractivity contribution in [2.45, 2.75) is 31.3 Å². The summed E-state index contributed by atoms with van der Waals surface area (Å²) in [6.07, 6.45) is 1.89. The second-order valence-electron chi connectivity index (χ2n) is 4.83. The molecule has 1 aromatic rings. The van der Waals surface area contributed by atoms with Gasteiger partial charge in [0, 0.05) is 0 Å². The van der Waals surface area contributed by atoms with Crippen molar-refractivity contribution in [1.82, 2.24) is 0 Å². The van der Waals surface area contributed by atoms with E-state index < -0.39 is 11.6 Å². The highest BCUT2D eigenvalue weighted by atomic mass is 16.4. The number of benzene rings is 1. The highest BCUT2D eigenvalue weighted by molar-refractivity contribution is 5.70. The second kappa shape index (κ2) is 4.79. The van der Waals surface area contributed by atoms with E-state index in [1.807, 2.05) is 6.07 Å². The first-order chi connectivity index (χ1) is 8.55. The predicted molar refractivity (Wildman–Crippen MR) is 64.6 cm³/mol. The van der Waals surface area contributed by atoms with Crippen LogP contribution < -0.4 is 0 Å². The van der Waals surface area contributed by atoms with E-state index in [1.165, 1.54) is 0 Å². The van der Waals surface area contributed by atoms with Gasteiger partial charge in [0.2, 0.25) is 0 Å². The number of carboxylic acid groups (broad SMARTS) is 1. The summed E-state index contributed by atoms with van der Waals surface area (Å²) in [5.74, 6) is -1.12. The van der Waals surface area contributed by atoms with Crippen LogP contribution in [0.15, 0.2) is 24.3 Å². The van der Waals surface area contributed by atoms with E-state index in [9.17, 15) is 9.90 Å². The fourth-order valence-corrected chi connectivity index (χ4v) is 2.49. The molecular weight excluding hydrogens is 230 g/mol.